The Hall–Kier alpha value is -1.18. The van der Waals surface area contributed by atoms with E-state index >= 15 is 0 Å². The smallest absolute Gasteiger partial charge is 0.262 e. The van der Waals surface area contributed by atoms with Gasteiger partial charge in [-0.1, -0.05) is 0 Å². The van der Waals surface area contributed by atoms with E-state index < -0.39 is 16.2 Å². The predicted octanol–water partition coefficient (Wildman–Crippen LogP) is 0.987. The van der Waals surface area contributed by atoms with Crippen LogP contribution in [0.15, 0.2) is 24.3 Å². The highest BCUT2D eigenvalue weighted by atomic mass is 32.3. The number of rotatable bonds is 2. The van der Waals surface area contributed by atoms with E-state index in [9.17, 15) is 17.4 Å². The van der Waals surface area contributed by atoms with Crippen LogP contribution >= 0.6 is 0 Å². The maximum absolute atomic E-state index is 12.2. The van der Waals surface area contributed by atoms with Crippen molar-refractivity contribution in [2.45, 2.75) is 0 Å². The van der Waals surface area contributed by atoms with Gasteiger partial charge in [-0.05, 0) is 24.3 Å². The molecule has 0 aliphatic rings. The summed E-state index contributed by atoms with van der Waals surface area (Å²) in [5, 5.41) is 0. The number of benzene rings is 1. The van der Waals surface area contributed by atoms with Gasteiger partial charge in [0.05, 0.1) is 28.2 Å². The topological polar surface area (TPSA) is 66.4 Å². The van der Waals surface area contributed by atoms with Crippen molar-refractivity contribution in [1.29, 1.82) is 0 Å². The molecule has 0 atom stereocenters. The van der Waals surface area contributed by atoms with Gasteiger partial charge < -0.3 is 13.2 Å². The normalized spacial score (nSPS) is 11.4. The van der Waals surface area contributed by atoms with Crippen LogP contribution in [0.2, 0.25) is 0 Å². The Balaban J connectivity index is 0.000000437. The molecule has 0 radical (unpaired) electrons. The van der Waals surface area contributed by atoms with Crippen LogP contribution in [0, 0.1) is 5.82 Å². The minimum Gasteiger partial charge on any atom is -0.716 e. The maximum Gasteiger partial charge on any atom is 0.262 e. The molecule has 1 aromatic carbocycles. The summed E-state index contributed by atoms with van der Waals surface area (Å²) in [7, 11) is 3.74. The molecule has 1 rings (SSSR count). The second kappa shape index (κ2) is 5.95. The lowest BCUT2D eigenvalue weighted by Gasteiger charge is -2.14. The fraction of sp³-hybridized carbons (Fsp3) is 0.400. The molecule has 98 valence electrons. The molecule has 0 unspecified atom stereocenters. The van der Waals surface area contributed by atoms with Gasteiger partial charge in [-0.25, -0.2) is 12.8 Å². The lowest BCUT2D eigenvalue weighted by atomic mass is 10.3. The van der Waals surface area contributed by atoms with E-state index in [4.69, 9.17) is 0 Å². The Morgan fingerprint density at radius 2 is 1.47 bits per heavy atom. The van der Waals surface area contributed by atoms with Crippen molar-refractivity contribution in [2.75, 3.05) is 28.2 Å². The van der Waals surface area contributed by atoms with Gasteiger partial charge in [-0.15, -0.1) is 0 Å². The summed E-state index contributed by atoms with van der Waals surface area (Å²) in [6, 6.07) is 4.07. The highest BCUT2D eigenvalue weighted by Crippen LogP contribution is 2.12. The van der Waals surface area contributed by atoms with Gasteiger partial charge in [-0.3, -0.25) is 0 Å². The molecule has 0 N–H and O–H groups in total. The van der Waals surface area contributed by atoms with Crippen LogP contribution in [0.3, 0.4) is 0 Å². The lowest BCUT2D eigenvalue weighted by Crippen LogP contribution is -2.27. The zero-order chi connectivity index (χ0) is 13.7. The van der Waals surface area contributed by atoms with Crippen molar-refractivity contribution >= 4 is 10.4 Å². The fourth-order valence-corrected chi connectivity index (χ4v) is 0.955. The van der Waals surface area contributed by atoms with Crippen molar-refractivity contribution in [1.82, 2.24) is 0 Å². The summed E-state index contributed by atoms with van der Waals surface area (Å²) in [5.74, 6) is -0.739. The first-order valence-electron chi connectivity index (χ1n) is 4.67. The van der Waals surface area contributed by atoms with Crippen LogP contribution in [-0.4, -0.2) is 45.6 Å². The average molecular weight is 265 g/mol. The van der Waals surface area contributed by atoms with Crippen molar-refractivity contribution in [3.05, 3.63) is 30.1 Å². The summed E-state index contributed by atoms with van der Waals surface area (Å²) in [6.45, 7) is 0. The molecule has 0 fully saturated rings. The Labute approximate surface area is 101 Å². The Morgan fingerprint density at radius 1 is 1.12 bits per heavy atom. The van der Waals surface area contributed by atoms with Crippen LogP contribution in [0.5, 0.6) is 5.75 Å². The number of quaternary nitrogens is 1. The number of hydrogen-bond acceptors (Lipinski definition) is 4. The van der Waals surface area contributed by atoms with E-state index in [1.54, 1.807) is 0 Å². The fourth-order valence-electron chi connectivity index (χ4n) is 0.608. The molecule has 0 aromatic heterocycles. The molecule has 0 aliphatic carbocycles. The maximum atomic E-state index is 12.2. The van der Waals surface area contributed by atoms with E-state index in [2.05, 4.69) is 32.4 Å². The number of hydrogen-bond donors (Lipinski definition) is 0. The molecule has 0 heterocycles. The zero-order valence-electron chi connectivity index (χ0n) is 10.2. The molecular formula is C10H16FNO4S. The first-order chi connectivity index (χ1) is 7.47. The first kappa shape index (κ1) is 15.8. The second-order valence-electron chi connectivity index (χ2n) is 4.63. The van der Waals surface area contributed by atoms with Gasteiger partial charge in [0, 0.05) is 0 Å². The van der Waals surface area contributed by atoms with E-state index in [1.807, 2.05) is 0 Å². The quantitative estimate of drug-likeness (QED) is 0.454. The van der Waals surface area contributed by atoms with E-state index in [0.717, 1.165) is 28.7 Å². The third-order valence-corrected chi connectivity index (χ3v) is 1.41. The summed E-state index contributed by atoms with van der Waals surface area (Å²) in [6.07, 6.45) is 0. The van der Waals surface area contributed by atoms with Gasteiger partial charge in [0.1, 0.15) is 11.6 Å². The second-order valence-corrected chi connectivity index (χ2v) is 5.61. The highest BCUT2D eigenvalue weighted by Gasteiger charge is 1.97. The molecule has 0 amide bonds. The summed E-state index contributed by atoms with van der Waals surface area (Å²) in [4.78, 5) is 0. The third kappa shape index (κ3) is 12.8. The molecule has 5 nitrogen and oxygen atoms in total. The van der Waals surface area contributed by atoms with Crippen molar-refractivity contribution < 1.29 is 26.0 Å². The van der Waals surface area contributed by atoms with Crippen molar-refractivity contribution in [2.24, 2.45) is 0 Å². The summed E-state index contributed by atoms with van der Waals surface area (Å²) in [5.41, 5.74) is 0. The van der Waals surface area contributed by atoms with Crippen LogP contribution in [-0.2, 0) is 10.4 Å². The Bertz CT molecular complexity index is 430. The molecular weight excluding hydrogens is 249 g/mol. The predicted molar refractivity (Wildman–Crippen MR) is 60.7 cm³/mol. The highest BCUT2D eigenvalue weighted by molar-refractivity contribution is 7.81. The van der Waals surface area contributed by atoms with Gasteiger partial charge in [0.25, 0.3) is 10.4 Å². The molecule has 0 aliphatic heterocycles. The van der Waals surface area contributed by atoms with Gasteiger partial charge in [0.15, 0.2) is 0 Å². The van der Waals surface area contributed by atoms with Gasteiger partial charge >= 0.3 is 0 Å². The molecule has 1 aromatic rings. The van der Waals surface area contributed by atoms with E-state index in [1.165, 1.54) is 0 Å². The minimum absolute atomic E-state index is 0.202. The van der Waals surface area contributed by atoms with E-state index in [0.29, 0.717) is 0 Å². The third-order valence-electron chi connectivity index (χ3n) is 1.01. The number of nitrogens with zero attached hydrogens (tertiary/aromatic N) is 1. The Morgan fingerprint density at radius 3 is 1.76 bits per heavy atom. The SMILES string of the molecule is C[N+](C)(C)C.O=S(=O)([O-])Oc1ccc(F)cc1. The zero-order valence-corrected chi connectivity index (χ0v) is 11.0. The Kier molecular flexibility index (Phi) is 5.53. The summed E-state index contributed by atoms with van der Waals surface area (Å²) >= 11 is 0. The minimum atomic E-state index is -4.76. The lowest BCUT2D eigenvalue weighted by molar-refractivity contribution is -0.849. The number of halogens is 1. The molecule has 7 heteroatoms. The molecule has 17 heavy (non-hydrogen) atoms. The molecule has 0 bridgehead atoms. The molecule has 0 spiro atoms. The van der Waals surface area contributed by atoms with Gasteiger partial charge in [-0.2, -0.15) is 0 Å². The van der Waals surface area contributed by atoms with E-state index in [-0.39, 0.29) is 5.75 Å². The van der Waals surface area contributed by atoms with Crippen LogP contribution in [0.4, 0.5) is 4.39 Å². The molecule has 0 saturated heterocycles. The van der Waals surface area contributed by atoms with Gasteiger partial charge in [0.2, 0.25) is 0 Å². The van der Waals surface area contributed by atoms with Crippen molar-refractivity contribution in [3.8, 4) is 5.75 Å². The first-order valence-corrected chi connectivity index (χ1v) is 6.00. The largest absolute Gasteiger partial charge is 0.716 e. The summed E-state index contributed by atoms with van der Waals surface area (Å²) < 4.78 is 47.2. The average Bonchev–Trinajstić information content (AvgIpc) is 2.03. The standard InChI is InChI=1S/C6H5FO4S.C4H12N/c7-5-1-3-6(4-2-5)11-12(8,9)10;1-5(2,3)4/h1-4H,(H,8,9,10);1-4H3/q;+1/p-1. The van der Waals surface area contributed by atoms with Crippen LogP contribution < -0.4 is 4.18 Å². The van der Waals surface area contributed by atoms with Crippen molar-refractivity contribution in [3.63, 3.8) is 0 Å². The monoisotopic (exact) mass is 265 g/mol. The van der Waals surface area contributed by atoms with Crippen LogP contribution in [0.1, 0.15) is 0 Å². The van der Waals surface area contributed by atoms with Crippen LogP contribution in [0.25, 0.3) is 0 Å². The molecule has 0 saturated carbocycles.